The van der Waals surface area contributed by atoms with E-state index < -0.39 is 15.6 Å². The van der Waals surface area contributed by atoms with E-state index in [9.17, 15) is 0 Å². The Bertz CT molecular complexity index is 134. The molecule has 0 aromatic rings. The quantitative estimate of drug-likeness (QED) is 0.293. The first kappa shape index (κ1) is 30.0. The van der Waals surface area contributed by atoms with Gasteiger partial charge in [-0.15, -0.1) is 0 Å². The van der Waals surface area contributed by atoms with E-state index in [2.05, 4.69) is 0 Å². The molecule has 0 bridgehead atoms. The minimum atomic E-state index is -5.39. The van der Waals surface area contributed by atoms with Crippen LogP contribution in [0.2, 0.25) is 0 Å². The molecule has 0 aliphatic heterocycles. The summed E-state index contributed by atoms with van der Waals surface area (Å²) in [6.45, 7) is 0. The average molecular weight is 383 g/mol. The van der Waals surface area contributed by atoms with Gasteiger partial charge >= 0.3 is 103 Å². The van der Waals surface area contributed by atoms with E-state index in [0.29, 0.717) is 0 Å². The Balaban J connectivity index is -0.0000000267. The van der Waals surface area contributed by atoms with Crippen molar-refractivity contribution in [2.75, 3.05) is 0 Å². The smallest absolute Gasteiger partial charge is 0.822 e. The Hall–Kier alpha value is 3.58. The van der Waals surface area contributed by atoms with Crippen molar-refractivity contribution >= 4 is 98.9 Å². The normalized spacial score (nSPS) is 9.08. The van der Waals surface area contributed by atoms with Crippen LogP contribution >= 0.6 is 15.6 Å². The monoisotopic (exact) mass is 382 g/mol. The first-order chi connectivity index (χ1) is 4.00. The third kappa shape index (κ3) is 224. The molecule has 13 heavy (non-hydrogen) atoms. The molecule has 0 rings (SSSR count). The molecule has 64 valence electrons. The molecule has 0 aliphatic rings. The molecular weight excluding hydrogens is 383 g/mol. The Kier molecular flexibility index (Phi) is 31.5. The van der Waals surface area contributed by atoms with Crippen molar-refractivity contribution in [1.29, 1.82) is 0 Å². The zero-order valence-electron chi connectivity index (χ0n) is 6.28. The van der Waals surface area contributed by atoms with Crippen LogP contribution in [0.4, 0.5) is 0 Å². The van der Waals surface area contributed by atoms with E-state index in [-0.39, 0.29) is 103 Å². The molecule has 0 aromatic heterocycles. The molecule has 0 aromatic carbocycles. The maximum atomic E-state index is 8.55. The van der Waals surface area contributed by atoms with E-state index in [0.717, 1.165) is 0 Å². The Morgan fingerprint density at radius 2 is 0.692 bits per heavy atom. The van der Waals surface area contributed by atoms with Crippen molar-refractivity contribution in [3.63, 3.8) is 0 Å². The summed E-state index contributed by atoms with van der Waals surface area (Å²) in [5.74, 6) is 0. The summed E-state index contributed by atoms with van der Waals surface area (Å²) >= 11 is 0. The Morgan fingerprint density at radius 1 is 0.692 bits per heavy atom. The largest absolute Gasteiger partial charge is 2.00 e. The van der Waals surface area contributed by atoms with E-state index in [1.165, 1.54) is 0 Å². The van der Waals surface area contributed by atoms with Gasteiger partial charge in [-0.3, -0.25) is 0 Å². The van der Waals surface area contributed by atoms with Crippen molar-refractivity contribution in [2.45, 2.75) is 0 Å². The molecule has 8 nitrogen and oxygen atoms in total. The van der Waals surface area contributed by atoms with E-state index in [4.69, 9.17) is 38.5 Å². The summed E-state index contributed by atoms with van der Waals surface area (Å²) in [5, 5.41) is 0. The molecule has 0 fully saturated rings. The molecule has 0 aliphatic carbocycles. The third-order valence-electron chi connectivity index (χ3n) is 0. The predicted octanol–water partition coefficient (Wildman–Crippen LogP) is -6.41. The standard InChI is InChI=1S/Ca.2H3O4P.Sr.Zn/c;2*1-5(2,3)4;;/h;2*(H3,1,2,3,4);;/q+2;;;2*+2/p-6. The second-order valence-electron chi connectivity index (χ2n) is 0.894. The average Bonchev–Trinajstić information content (AvgIpc) is 1.12. The fraction of sp³-hybridized carbons (Fsp3) is 0. The number of hydrogen-bond acceptors (Lipinski definition) is 8. The summed E-state index contributed by atoms with van der Waals surface area (Å²) in [7, 11) is -10.8. The van der Waals surface area contributed by atoms with Gasteiger partial charge in [0.05, 0.1) is 0 Å². The maximum Gasteiger partial charge on any atom is 2.00 e. The minimum Gasteiger partial charge on any atom is -0.822 e. The summed E-state index contributed by atoms with van der Waals surface area (Å²) in [6.07, 6.45) is 0. The van der Waals surface area contributed by atoms with Gasteiger partial charge in [-0.05, 0) is 0 Å². The summed E-state index contributed by atoms with van der Waals surface area (Å²) in [5.41, 5.74) is 0. The van der Waals surface area contributed by atoms with Crippen LogP contribution in [0.1, 0.15) is 0 Å². The van der Waals surface area contributed by atoms with Crippen LogP contribution in [-0.2, 0) is 28.6 Å². The summed E-state index contributed by atoms with van der Waals surface area (Å²) in [6, 6.07) is 0. The summed E-state index contributed by atoms with van der Waals surface area (Å²) in [4.78, 5) is 51.3. The maximum absolute atomic E-state index is 8.55. The molecule has 0 saturated heterocycles. The predicted molar refractivity (Wildman–Crippen MR) is 26.7 cm³/mol. The van der Waals surface area contributed by atoms with Gasteiger partial charge in [0.25, 0.3) is 0 Å². The molecule has 13 heteroatoms. The van der Waals surface area contributed by atoms with Gasteiger partial charge in [0.1, 0.15) is 0 Å². The van der Waals surface area contributed by atoms with Crippen LogP contribution in [-0.4, -0.2) is 83.2 Å². The fourth-order valence-corrected chi connectivity index (χ4v) is 0. The molecule has 0 saturated carbocycles. The third-order valence-corrected chi connectivity index (χ3v) is 0. The molecule has 0 spiro atoms. The van der Waals surface area contributed by atoms with Crippen LogP contribution in [0.3, 0.4) is 0 Å². The van der Waals surface area contributed by atoms with Crippen molar-refractivity contribution in [3.8, 4) is 0 Å². The first-order valence-electron chi connectivity index (χ1n) is 1.46. The van der Waals surface area contributed by atoms with Crippen molar-refractivity contribution in [1.82, 2.24) is 0 Å². The molecule has 0 heterocycles. The van der Waals surface area contributed by atoms with Crippen LogP contribution in [0.25, 0.3) is 0 Å². The van der Waals surface area contributed by atoms with Crippen LogP contribution in [0, 0.1) is 0 Å². The van der Waals surface area contributed by atoms with E-state index in [1.54, 1.807) is 0 Å². The Labute approximate surface area is 154 Å². The van der Waals surface area contributed by atoms with Crippen molar-refractivity contribution in [3.05, 3.63) is 0 Å². The second-order valence-corrected chi connectivity index (χ2v) is 2.68. The molecule has 0 unspecified atom stereocenters. The number of phosphoric acid groups is 2. The second kappa shape index (κ2) is 13.6. The van der Waals surface area contributed by atoms with Crippen LogP contribution < -0.4 is 29.4 Å². The van der Waals surface area contributed by atoms with Gasteiger partial charge in [-0.2, -0.15) is 15.6 Å². The number of rotatable bonds is 0. The van der Waals surface area contributed by atoms with Crippen molar-refractivity contribution in [2.24, 2.45) is 0 Å². The van der Waals surface area contributed by atoms with Gasteiger partial charge in [0.2, 0.25) is 0 Å². The minimum absolute atomic E-state index is 0. The topological polar surface area (TPSA) is 172 Å². The zero-order valence-corrected chi connectivity index (χ0v) is 16.7. The van der Waals surface area contributed by atoms with Gasteiger partial charge < -0.3 is 38.5 Å². The van der Waals surface area contributed by atoms with Gasteiger partial charge in [0, 0.05) is 0 Å². The van der Waals surface area contributed by atoms with Gasteiger partial charge in [0.15, 0.2) is 0 Å². The first-order valence-corrected chi connectivity index (χ1v) is 4.38. The Morgan fingerprint density at radius 3 is 0.692 bits per heavy atom. The number of hydrogen-bond donors (Lipinski definition) is 0. The van der Waals surface area contributed by atoms with E-state index in [1.807, 2.05) is 0 Å². The van der Waals surface area contributed by atoms with Crippen molar-refractivity contribution < 1.29 is 58.0 Å². The molecule has 0 atom stereocenters. The summed E-state index contributed by atoms with van der Waals surface area (Å²) < 4.78 is 17.1. The zero-order chi connectivity index (χ0) is 9.00. The fourth-order valence-electron chi connectivity index (χ4n) is 0. The SMILES string of the molecule is O=P([O-])([O-])[O-].O=P([O-])([O-])[O-].[Ca+2].[Sr+2].[Zn+2]. The van der Waals surface area contributed by atoms with E-state index >= 15 is 0 Å². The van der Waals surface area contributed by atoms with Crippen LogP contribution in [0.15, 0.2) is 0 Å². The molecular formula is CaO8P2SrZn. The van der Waals surface area contributed by atoms with Crippen LogP contribution in [0.5, 0.6) is 0 Å². The molecule has 0 amide bonds. The van der Waals surface area contributed by atoms with Gasteiger partial charge in [-0.1, -0.05) is 0 Å². The van der Waals surface area contributed by atoms with Gasteiger partial charge in [-0.25, -0.2) is 0 Å². The molecule has 0 N–H and O–H groups in total. The molecule has 0 radical (unpaired) electrons.